The number of carbonyl (C=O) groups excluding carboxylic acids is 1. The average molecular weight is 391 g/mol. The van der Waals surface area contributed by atoms with Crippen molar-refractivity contribution < 1.29 is 14.6 Å². The Morgan fingerprint density at radius 3 is 2.14 bits per heavy atom. The van der Waals surface area contributed by atoms with Crippen LogP contribution in [-0.2, 0) is 16.0 Å². The Labute approximate surface area is 172 Å². The number of rotatable bonds is 8. The van der Waals surface area contributed by atoms with Crippen molar-refractivity contribution in [3.63, 3.8) is 0 Å². The second-order valence-corrected chi connectivity index (χ2v) is 9.14. The van der Waals surface area contributed by atoms with Crippen LogP contribution in [0.5, 0.6) is 0 Å². The summed E-state index contributed by atoms with van der Waals surface area (Å²) in [4.78, 5) is 11.9. The molecule has 0 atom stereocenters. The van der Waals surface area contributed by atoms with Gasteiger partial charge in [0.05, 0.1) is 12.2 Å². The van der Waals surface area contributed by atoms with Gasteiger partial charge in [-0.1, -0.05) is 57.0 Å². The van der Waals surface area contributed by atoms with Gasteiger partial charge < -0.3 is 9.84 Å². The summed E-state index contributed by atoms with van der Waals surface area (Å²) in [7, 11) is 1.73. The van der Waals surface area contributed by atoms with Crippen molar-refractivity contribution >= 4 is 5.78 Å². The van der Waals surface area contributed by atoms with Gasteiger partial charge in [-0.25, -0.2) is 0 Å². The third-order valence-electron chi connectivity index (χ3n) is 6.12. The van der Waals surface area contributed by atoms with Crippen molar-refractivity contribution in [3.05, 3.63) is 35.4 Å². The van der Waals surface area contributed by atoms with Crippen molar-refractivity contribution in [2.24, 2.45) is 11.3 Å². The lowest BCUT2D eigenvalue weighted by Crippen LogP contribution is -2.43. The highest BCUT2D eigenvalue weighted by Crippen LogP contribution is 2.46. The van der Waals surface area contributed by atoms with Gasteiger partial charge >= 0.3 is 0 Å². The minimum absolute atomic E-state index is 0.127. The molecule has 160 valence electrons. The standard InChI is InChI=1S/C15H28O2.C10H14O/c1-5-6-14(13(4)16)7-9-15(17,10-8-14)11-12(2)3;1-9-3-5-10(6-4-9)7-8-11-2/h12,17H,5-11H2,1-4H3;3-6H,7-8H2,1-2H3. The van der Waals surface area contributed by atoms with Crippen molar-refractivity contribution in [3.8, 4) is 0 Å². The summed E-state index contributed by atoms with van der Waals surface area (Å²) in [6.45, 7) is 11.1. The fraction of sp³-hybridized carbons (Fsp3) is 0.720. The number of hydrogen-bond donors (Lipinski definition) is 1. The van der Waals surface area contributed by atoms with Crippen LogP contribution in [-0.4, -0.2) is 30.2 Å². The van der Waals surface area contributed by atoms with E-state index in [1.165, 1.54) is 11.1 Å². The smallest absolute Gasteiger partial charge is 0.135 e. The summed E-state index contributed by atoms with van der Waals surface area (Å²) in [6, 6.07) is 8.55. The number of benzene rings is 1. The van der Waals surface area contributed by atoms with Gasteiger partial charge in [0.15, 0.2) is 0 Å². The molecule has 3 nitrogen and oxygen atoms in total. The molecule has 0 amide bonds. The maximum atomic E-state index is 11.9. The molecule has 1 aromatic rings. The number of hydrogen-bond acceptors (Lipinski definition) is 3. The highest BCUT2D eigenvalue weighted by atomic mass is 16.5. The van der Waals surface area contributed by atoms with Crippen LogP contribution in [0.25, 0.3) is 0 Å². The molecule has 1 N–H and O–H groups in total. The maximum absolute atomic E-state index is 11.9. The zero-order valence-electron chi connectivity index (χ0n) is 19.0. The van der Waals surface area contributed by atoms with Crippen LogP contribution >= 0.6 is 0 Å². The Morgan fingerprint density at radius 2 is 1.71 bits per heavy atom. The normalized spacial score (nSPS) is 24.6. The van der Waals surface area contributed by atoms with Crippen LogP contribution in [0, 0.1) is 18.3 Å². The molecule has 0 spiro atoms. The SMILES string of the molecule is CCCC1(C(C)=O)CCC(O)(CC(C)C)CC1.COCCc1ccc(C)cc1. The third kappa shape index (κ3) is 8.05. The van der Waals surface area contributed by atoms with E-state index in [0.717, 1.165) is 58.0 Å². The van der Waals surface area contributed by atoms with E-state index >= 15 is 0 Å². The predicted octanol–water partition coefficient (Wildman–Crippen LogP) is 5.90. The van der Waals surface area contributed by atoms with Gasteiger partial charge in [0.25, 0.3) is 0 Å². The number of methoxy groups -OCH3 is 1. The number of ketones is 1. The van der Waals surface area contributed by atoms with E-state index < -0.39 is 5.60 Å². The topological polar surface area (TPSA) is 46.5 Å². The van der Waals surface area contributed by atoms with Crippen LogP contribution in [0.1, 0.15) is 83.8 Å². The number of ether oxygens (including phenoxy) is 1. The molecule has 1 aromatic carbocycles. The van der Waals surface area contributed by atoms with Gasteiger partial charge in [0.2, 0.25) is 0 Å². The Hall–Kier alpha value is -1.19. The first-order valence-corrected chi connectivity index (χ1v) is 10.9. The maximum Gasteiger partial charge on any atom is 0.135 e. The van der Waals surface area contributed by atoms with E-state index in [2.05, 4.69) is 52.0 Å². The molecule has 0 heterocycles. The molecule has 1 fully saturated rings. The first-order valence-electron chi connectivity index (χ1n) is 10.9. The molecule has 0 unspecified atom stereocenters. The van der Waals surface area contributed by atoms with Crippen LogP contribution < -0.4 is 0 Å². The Morgan fingerprint density at radius 1 is 1.14 bits per heavy atom. The number of aliphatic hydroxyl groups is 1. The predicted molar refractivity (Wildman–Crippen MR) is 118 cm³/mol. The van der Waals surface area contributed by atoms with E-state index in [-0.39, 0.29) is 5.41 Å². The van der Waals surface area contributed by atoms with E-state index in [0.29, 0.717) is 11.7 Å². The molecule has 0 aliphatic heterocycles. The second-order valence-electron chi connectivity index (χ2n) is 9.14. The van der Waals surface area contributed by atoms with E-state index in [4.69, 9.17) is 4.74 Å². The molecule has 0 aromatic heterocycles. The molecular weight excluding hydrogens is 348 g/mol. The van der Waals surface area contributed by atoms with E-state index in [1.807, 2.05) is 0 Å². The zero-order valence-corrected chi connectivity index (χ0v) is 19.0. The molecular formula is C25H42O3. The van der Waals surface area contributed by atoms with Crippen molar-refractivity contribution in [2.45, 2.75) is 91.6 Å². The van der Waals surface area contributed by atoms with Gasteiger partial charge in [-0.15, -0.1) is 0 Å². The van der Waals surface area contributed by atoms with Crippen molar-refractivity contribution in [1.82, 2.24) is 0 Å². The Balaban J connectivity index is 0.000000307. The quantitative estimate of drug-likeness (QED) is 0.601. The molecule has 2 rings (SSSR count). The number of Topliss-reactive ketones (excluding diaryl/α,β-unsaturated/α-hetero) is 1. The lowest BCUT2D eigenvalue weighted by atomic mass is 9.63. The van der Waals surface area contributed by atoms with Crippen LogP contribution in [0.2, 0.25) is 0 Å². The molecule has 0 bridgehead atoms. The zero-order chi connectivity index (χ0) is 21.2. The molecule has 0 saturated heterocycles. The van der Waals surface area contributed by atoms with Gasteiger partial charge in [0, 0.05) is 12.5 Å². The minimum Gasteiger partial charge on any atom is -0.390 e. The highest BCUT2D eigenvalue weighted by molar-refractivity contribution is 5.82. The summed E-state index contributed by atoms with van der Waals surface area (Å²) in [5.41, 5.74) is 2.02. The average Bonchev–Trinajstić information content (AvgIpc) is 2.63. The first-order chi connectivity index (χ1) is 13.2. The van der Waals surface area contributed by atoms with Crippen LogP contribution in [0.4, 0.5) is 0 Å². The molecule has 28 heavy (non-hydrogen) atoms. The molecule has 1 saturated carbocycles. The fourth-order valence-corrected chi connectivity index (χ4v) is 4.39. The van der Waals surface area contributed by atoms with E-state index in [1.54, 1.807) is 14.0 Å². The number of carbonyl (C=O) groups is 1. The molecule has 0 radical (unpaired) electrons. The lowest BCUT2D eigenvalue weighted by Gasteiger charge is -2.43. The molecule has 1 aliphatic carbocycles. The molecule has 1 aliphatic rings. The monoisotopic (exact) mass is 390 g/mol. The van der Waals surface area contributed by atoms with Crippen molar-refractivity contribution in [2.75, 3.05) is 13.7 Å². The summed E-state index contributed by atoms with van der Waals surface area (Å²) < 4.78 is 4.98. The highest BCUT2D eigenvalue weighted by Gasteiger charge is 2.43. The van der Waals surface area contributed by atoms with Gasteiger partial charge in [-0.3, -0.25) is 4.79 Å². The minimum atomic E-state index is -0.513. The van der Waals surface area contributed by atoms with Crippen LogP contribution in [0.15, 0.2) is 24.3 Å². The Kier molecular flexibility index (Phi) is 10.4. The Bertz CT molecular complexity index is 566. The van der Waals surface area contributed by atoms with Gasteiger partial charge in [-0.2, -0.15) is 0 Å². The number of aryl methyl sites for hydroxylation is 1. The van der Waals surface area contributed by atoms with Crippen LogP contribution in [0.3, 0.4) is 0 Å². The fourth-order valence-electron chi connectivity index (χ4n) is 4.39. The van der Waals surface area contributed by atoms with Gasteiger partial charge in [-0.05, 0) is 70.3 Å². The van der Waals surface area contributed by atoms with Gasteiger partial charge in [0.1, 0.15) is 5.78 Å². The first kappa shape index (κ1) is 24.8. The summed E-state index contributed by atoms with van der Waals surface area (Å²) in [5, 5.41) is 10.5. The summed E-state index contributed by atoms with van der Waals surface area (Å²) >= 11 is 0. The third-order valence-corrected chi connectivity index (χ3v) is 6.12. The molecule has 3 heteroatoms. The summed E-state index contributed by atoms with van der Waals surface area (Å²) in [5.74, 6) is 0.849. The lowest BCUT2D eigenvalue weighted by molar-refractivity contribution is -0.133. The van der Waals surface area contributed by atoms with Crippen molar-refractivity contribution in [1.29, 1.82) is 0 Å². The summed E-state index contributed by atoms with van der Waals surface area (Å²) in [6.07, 6.45) is 7.26. The largest absolute Gasteiger partial charge is 0.390 e. The van der Waals surface area contributed by atoms with E-state index in [9.17, 15) is 9.90 Å². The second kappa shape index (κ2) is 11.7.